The topological polar surface area (TPSA) is 14.2 Å². The van der Waals surface area contributed by atoms with Crippen LogP contribution in [0.5, 0.6) is 5.75 Å². The molecule has 0 fully saturated rings. The molecular formula is C21H19ClF3NO. The number of rotatable bonds is 2. The Morgan fingerprint density at radius 2 is 1.78 bits per heavy atom. The van der Waals surface area contributed by atoms with Gasteiger partial charge in [0.25, 0.3) is 0 Å². The van der Waals surface area contributed by atoms with Crippen LogP contribution in [0.25, 0.3) is 10.9 Å². The van der Waals surface area contributed by atoms with Crippen LogP contribution in [0.2, 0.25) is 5.02 Å². The summed E-state index contributed by atoms with van der Waals surface area (Å²) in [4.78, 5) is 0. The third kappa shape index (κ3) is 2.80. The van der Waals surface area contributed by atoms with Gasteiger partial charge in [-0.2, -0.15) is 13.2 Å². The maximum absolute atomic E-state index is 14.1. The molecule has 0 amide bonds. The molecule has 0 aliphatic carbocycles. The van der Waals surface area contributed by atoms with Crippen LogP contribution in [0.15, 0.2) is 42.5 Å². The zero-order valence-electron chi connectivity index (χ0n) is 15.2. The van der Waals surface area contributed by atoms with E-state index in [0.29, 0.717) is 28.4 Å². The van der Waals surface area contributed by atoms with Gasteiger partial charge in [0, 0.05) is 33.1 Å². The Bertz CT molecular complexity index is 1020. The molecule has 1 aliphatic rings. The van der Waals surface area contributed by atoms with E-state index in [1.54, 1.807) is 31.4 Å². The molecule has 27 heavy (non-hydrogen) atoms. The highest BCUT2D eigenvalue weighted by Gasteiger charge is 2.47. The highest BCUT2D eigenvalue weighted by atomic mass is 35.5. The largest absolute Gasteiger partial charge is 0.497 e. The van der Waals surface area contributed by atoms with Gasteiger partial charge in [0.2, 0.25) is 0 Å². The van der Waals surface area contributed by atoms with E-state index in [1.165, 1.54) is 6.07 Å². The fraction of sp³-hybridized carbons (Fsp3) is 0.333. The molecule has 0 N–H and O–H groups in total. The number of ether oxygens (including phenoxy) is 1. The van der Waals surface area contributed by atoms with Crippen LogP contribution in [0.4, 0.5) is 13.2 Å². The Morgan fingerprint density at radius 3 is 2.37 bits per heavy atom. The second-order valence-electron chi connectivity index (χ2n) is 7.60. The van der Waals surface area contributed by atoms with E-state index in [2.05, 4.69) is 0 Å². The van der Waals surface area contributed by atoms with Crippen LogP contribution >= 0.6 is 11.6 Å². The van der Waals surface area contributed by atoms with Crippen LogP contribution in [-0.2, 0) is 11.7 Å². The molecule has 2 nitrogen and oxygen atoms in total. The zero-order valence-corrected chi connectivity index (χ0v) is 15.9. The van der Waals surface area contributed by atoms with Gasteiger partial charge in [-0.25, -0.2) is 0 Å². The van der Waals surface area contributed by atoms with E-state index in [4.69, 9.17) is 16.3 Å². The molecule has 0 bridgehead atoms. The van der Waals surface area contributed by atoms with E-state index in [9.17, 15) is 13.2 Å². The van der Waals surface area contributed by atoms with Crippen LogP contribution < -0.4 is 4.74 Å². The Labute approximate surface area is 160 Å². The molecule has 0 spiro atoms. The third-order valence-electron chi connectivity index (χ3n) is 5.41. The van der Waals surface area contributed by atoms with E-state index in [1.807, 2.05) is 30.5 Å². The highest BCUT2D eigenvalue weighted by Crippen LogP contribution is 2.53. The Kier molecular flexibility index (Phi) is 4.00. The summed E-state index contributed by atoms with van der Waals surface area (Å²) in [5.74, 6) is 0.327. The predicted molar refractivity (Wildman–Crippen MR) is 101 cm³/mol. The van der Waals surface area contributed by atoms with Crippen molar-refractivity contribution in [2.24, 2.45) is 0 Å². The van der Waals surface area contributed by atoms with Gasteiger partial charge in [0.1, 0.15) is 5.75 Å². The maximum Gasteiger partial charge on any atom is 0.418 e. The molecule has 1 unspecified atom stereocenters. The smallest absolute Gasteiger partial charge is 0.418 e. The number of halogens is 4. The number of hydrogen-bond acceptors (Lipinski definition) is 1. The van der Waals surface area contributed by atoms with E-state index < -0.39 is 17.3 Å². The summed E-state index contributed by atoms with van der Waals surface area (Å²) < 4.78 is 49.4. The zero-order chi connectivity index (χ0) is 19.6. The normalized spacial score (nSPS) is 18.7. The third-order valence-corrected chi connectivity index (χ3v) is 5.64. The average molecular weight is 394 g/mol. The first-order valence-electron chi connectivity index (χ1n) is 8.69. The summed E-state index contributed by atoms with van der Waals surface area (Å²) in [6.07, 6.45) is -3.87. The van der Waals surface area contributed by atoms with E-state index >= 15 is 0 Å². The summed E-state index contributed by atoms with van der Waals surface area (Å²) in [6.45, 7) is 3.96. The Morgan fingerprint density at radius 1 is 1.11 bits per heavy atom. The van der Waals surface area contributed by atoms with Gasteiger partial charge < -0.3 is 9.30 Å². The molecule has 3 aromatic rings. The highest BCUT2D eigenvalue weighted by molar-refractivity contribution is 6.31. The van der Waals surface area contributed by atoms with E-state index in [0.717, 1.165) is 5.56 Å². The van der Waals surface area contributed by atoms with Crippen molar-refractivity contribution in [3.63, 3.8) is 0 Å². The number of alkyl halides is 3. The fourth-order valence-electron chi connectivity index (χ4n) is 4.36. The van der Waals surface area contributed by atoms with Gasteiger partial charge in [-0.1, -0.05) is 23.7 Å². The van der Waals surface area contributed by atoms with Crippen molar-refractivity contribution in [2.75, 3.05) is 7.11 Å². The predicted octanol–water partition coefficient (Wildman–Crippen LogP) is 6.59. The van der Waals surface area contributed by atoms with Crippen molar-refractivity contribution in [2.45, 2.75) is 37.9 Å². The molecule has 2 aromatic carbocycles. The lowest BCUT2D eigenvalue weighted by atomic mass is 9.86. The minimum absolute atomic E-state index is 0.163. The molecule has 0 saturated heterocycles. The molecule has 142 valence electrons. The first-order chi connectivity index (χ1) is 12.6. The summed E-state index contributed by atoms with van der Waals surface area (Å²) in [5.41, 5.74) is 0.710. The van der Waals surface area contributed by atoms with Gasteiger partial charge in [-0.3, -0.25) is 0 Å². The van der Waals surface area contributed by atoms with Crippen LogP contribution in [0.3, 0.4) is 0 Å². The van der Waals surface area contributed by atoms with E-state index in [-0.39, 0.29) is 11.3 Å². The van der Waals surface area contributed by atoms with Crippen molar-refractivity contribution in [3.05, 3.63) is 64.3 Å². The van der Waals surface area contributed by atoms with Crippen LogP contribution in [0.1, 0.15) is 43.0 Å². The molecule has 1 atom stereocenters. The van der Waals surface area contributed by atoms with Gasteiger partial charge in [-0.05, 0) is 56.2 Å². The molecule has 1 aromatic heterocycles. The van der Waals surface area contributed by atoms with Crippen molar-refractivity contribution in [1.29, 1.82) is 0 Å². The molecule has 0 radical (unpaired) electrons. The number of benzene rings is 2. The van der Waals surface area contributed by atoms with Crippen molar-refractivity contribution >= 4 is 22.5 Å². The average Bonchev–Trinajstić information content (AvgIpc) is 3.07. The SMILES string of the molecule is COc1ccc(C2CC(C)(C)n3c2c(C(F)(F)F)c2cc(Cl)ccc23)cc1. The molecule has 4 rings (SSSR count). The van der Waals surface area contributed by atoms with Crippen LogP contribution in [0, 0.1) is 0 Å². The second kappa shape index (κ2) is 5.93. The minimum atomic E-state index is -4.46. The van der Waals surface area contributed by atoms with Gasteiger partial charge in [-0.15, -0.1) is 0 Å². The first kappa shape index (κ1) is 18.2. The molecule has 2 heterocycles. The lowest BCUT2D eigenvalue weighted by molar-refractivity contribution is -0.137. The second-order valence-corrected chi connectivity index (χ2v) is 8.03. The van der Waals surface area contributed by atoms with Crippen molar-refractivity contribution < 1.29 is 17.9 Å². The monoisotopic (exact) mass is 393 g/mol. The number of methoxy groups -OCH3 is 1. The number of aromatic nitrogens is 1. The fourth-order valence-corrected chi connectivity index (χ4v) is 4.53. The summed E-state index contributed by atoms with van der Waals surface area (Å²) in [5, 5.41) is 0.465. The molecule has 0 saturated carbocycles. The Hall–Kier alpha value is -2.14. The van der Waals surface area contributed by atoms with Crippen molar-refractivity contribution in [1.82, 2.24) is 4.57 Å². The number of hydrogen-bond donors (Lipinski definition) is 0. The number of nitrogens with zero attached hydrogens (tertiary/aromatic N) is 1. The lowest BCUT2D eigenvalue weighted by Crippen LogP contribution is -2.21. The quantitative estimate of drug-likeness (QED) is 0.479. The molecule has 6 heteroatoms. The summed E-state index contributed by atoms with van der Waals surface area (Å²) in [7, 11) is 1.57. The summed E-state index contributed by atoms with van der Waals surface area (Å²) in [6, 6.07) is 12.0. The Balaban J connectivity index is 2.03. The van der Waals surface area contributed by atoms with Crippen LogP contribution in [-0.4, -0.2) is 11.7 Å². The summed E-state index contributed by atoms with van der Waals surface area (Å²) >= 11 is 6.03. The molecule has 1 aliphatic heterocycles. The number of fused-ring (bicyclic) bond motifs is 3. The van der Waals surface area contributed by atoms with Gasteiger partial charge in [0.05, 0.1) is 12.7 Å². The molecular weight excluding hydrogens is 375 g/mol. The standard InChI is InChI=1S/C21H19ClF3NO/c1-20(2)11-16(12-4-7-14(27-3)8-5-12)19-18(21(23,24)25)15-10-13(22)6-9-17(15)26(19)20/h4-10,16H,11H2,1-3H3. The first-order valence-corrected chi connectivity index (χ1v) is 9.07. The maximum atomic E-state index is 14.1. The van der Waals surface area contributed by atoms with Gasteiger partial charge >= 0.3 is 6.18 Å². The minimum Gasteiger partial charge on any atom is -0.497 e. The van der Waals surface area contributed by atoms with Crippen molar-refractivity contribution in [3.8, 4) is 5.75 Å². The lowest BCUT2D eigenvalue weighted by Gasteiger charge is -2.23. The van der Waals surface area contributed by atoms with Gasteiger partial charge in [0.15, 0.2) is 0 Å².